The summed E-state index contributed by atoms with van der Waals surface area (Å²) < 4.78 is 12.3. The molecule has 2 aromatic rings. The van der Waals surface area contributed by atoms with Gasteiger partial charge in [-0.15, -0.1) is 0 Å². The maximum absolute atomic E-state index is 12.5. The van der Waals surface area contributed by atoms with Crippen molar-refractivity contribution in [2.45, 2.75) is 45.8 Å². The molecule has 156 valence electrons. The van der Waals surface area contributed by atoms with Crippen molar-refractivity contribution >= 4 is 27.7 Å². The molecule has 3 rings (SSSR count). The first-order valence-corrected chi connectivity index (χ1v) is 10.8. The maximum Gasteiger partial charge on any atom is 0.287 e. The number of amides is 2. The van der Waals surface area contributed by atoms with Gasteiger partial charge in [0.15, 0.2) is 5.76 Å². The van der Waals surface area contributed by atoms with Gasteiger partial charge in [-0.3, -0.25) is 9.59 Å². The number of hydrogen-bond donors (Lipinski definition) is 1. The first kappa shape index (κ1) is 21.4. The van der Waals surface area contributed by atoms with E-state index in [1.807, 2.05) is 43.0 Å². The Bertz CT molecular complexity index is 824. The highest BCUT2D eigenvalue weighted by Crippen LogP contribution is 2.19. The summed E-state index contributed by atoms with van der Waals surface area (Å²) in [6.07, 6.45) is 2.10. The number of nitrogens with one attached hydrogen (secondary N) is 1. The van der Waals surface area contributed by atoms with E-state index in [4.69, 9.17) is 9.15 Å². The number of halogens is 1. The molecule has 29 heavy (non-hydrogen) atoms. The number of hydrogen-bond acceptors (Lipinski definition) is 4. The molecule has 1 aromatic carbocycles. The van der Waals surface area contributed by atoms with Crippen LogP contribution in [0.1, 0.15) is 49.4 Å². The zero-order valence-corrected chi connectivity index (χ0v) is 18.4. The van der Waals surface area contributed by atoms with Gasteiger partial charge in [0, 0.05) is 30.0 Å². The van der Waals surface area contributed by atoms with E-state index >= 15 is 0 Å². The van der Waals surface area contributed by atoms with E-state index in [1.54, 1.807) is 12.1 Å². The van der Waals surface area contributed by atoms with E-state index in [9.17, 15) is 9.59 Å². The Hall–Kier alpha value is -2.28. The van der Waals surface area contributed by atoms with Crippen LogP contribution in [0.3, 0.4) is 0 Å². The third-order valence-electron chi connectivity index (χ3n) is 4.85. The van der Waals surface area contributed by atoms with Crippen LogP contribution in [0, 0.1) is 5.92 Å². The molecule has 1 aromatic heterocycles. The van der Waals surface area contributed by atoms with Crippen molar-refractivity contribution in [3.05, 3.63) is 52.4 Å². The number of carbonyl (C=O) groups excluding carboxylic acids is 2. The average Bonchev–Trinajstić information content (AvgIpc) is 3.17. The molecule has 2 heterocycles. The van der Waals surface area contributed by atoms with Gasteiger partial charge in [0.2, 0.25) is 5.91 Å². The van der Waals surface area contributed by atoms with Gasteiger partial charge in [-0.05, 0) is 55.2 Å². The summed E-state index contributed by atoms with van der Waals surface area (Å²) >= 11 is 3.38. The monoisotopic (exact) mass is 462 g/mol. The molecule has 6 nitrogen and oxygen atoms in total. The number of furan rings is 1. The fourth-order valence-electron chi connectivity index (χ4n) is 3.27. The molecular weight excluding hydrogens is 436 g/mol. The molecule has 7 heteroatoms. The van der Waals surface area contributed by atoms with Gasteiger partial charge in [0.05, 0.1) is 0 Å². The van der Waals surface area contributed by atoms with Gasteiger partial charge in [0.1, 0.15) is 18.1 Å². The smallest absolute Gasteiger partial charge is 0.287 e. The zero-order chi connectivity index (χ0) is 20.8. The summed E-state index contributed by atoms with van der Waals surface area (Å²) in [4.78, 5) is 26.5. The second-order valence-electron chi connectivity index (χ2n) is 7.74. The molecule has 0 aliphatic carbocycles. The molecule has 1 fully saturated rings. The Morgan fingerprint density at radius 1 is 1.17 bits per heavy atom. The summed E-state index contributed by atoms with van der Waals surface area (Å²) in [6.45, 7) is 5.71. The lowest BCUT2D eigenvalue weighted by Gasteiger charge is -2.32. The van der Waals surface area contributed by atoms with Crippen molar-refractivity contribution in [1.82, 2.24) is 10.2 Å². The minimum Gasteiger partial charge on any atom is -0.486 e. The van der Waals surface area contributed by atoms with Crippen molar-refractivity contribution in [3.63, 3.8) is 0 Å². The Morgan fingerprint density at radius 3 is 2.52 bits per heavy atom. The van der Waals surface area contributed by atoms with Gasteiger partial charge in [0.25, 0.3) is 5.91 Å². The molecule has 1 aliphatic heterocycles. The SMILES string of the molecule is CC(C)CC(=O)N1CCC(NC(=O)c2ccc(COc3ccc(Br)cc3)o2)CC1. The van der Waals surface area contributed by atoms with Crippen LogP contribution in [0.2, 0.25) is 0 Å². The van der Waals surface area contributed by atoms with Crippen LogP contribution in [-0.2, 0) is 11.4 Å². The van der Waals surface area contributed by atoms with Crippen LogP contribution < -0.4 is 10.1 Å². The fraction of sp³-hybridized carbons (Fsp3) is 0.455. The molecule has 0 unspecified atom stereocenters. The molecule has 0 bridgehead atoms. The van der Waals surface area contributed by atoms with Gasteiger partial charge >= 0.3 is 0 Å². The Labute approximate surface area is 179 Å². The van der Waals surface area contributed by atoms with Crippen LogP contribution in [0.25, 0.3) is 0 Å². The standard InChI is InChI=1S/C22H27BrN2O4/c1-15(2)13-21(26)25-11-9-17(10-12-25)24-22(27)20-8-7-19(29-20)14-28-18-5-3-16(23)4-6-18/h3-8,15,17H,9-14H2,1-2H3,(H,24,27). The van der Waals surface area contributed by atoms with Crippen LogP contribution in [0.15, 0.2) is 45.3 Å². The Morgan fingerprint density at radius 2 is 1.86 bits per heavy atom. The van der Waals surface area contributed by atoms with Gasteiger partial charge in [-0.2, -0.15) is 0 Å². The highest BCUT2D eigenvalue weighted by Gasteiger charge is 2.25. The summed E-state index contributed by atoms with van der Waals surface area (Å²) in [5.74, 6) is 1.93. The molecular formula is C22H27BrN2O4. The number of benzene rings is 1. The van der Waals surface area contributed by atoms with Crippen LogP contribution >= 0.6 is 15.9 Å². The molecule has 0 saturated carbocycles. The van der Waals surface area contributed by atoms with Crippen molar-refractivity contribution in [2.75, 3.05) is 13.1 Å². The highest BCUT2D eigenvalue weighted by atomic mass is 79.9. The van der Waals surface area contributed by atoms with E-state index in [-0.39, 0.29) is 30.2 Å². The fourth-order valence-corrected chi connectivity index (χ4v) is 3.54. The molecule has 0 spiro atoms. The lowest BCUT2D eigenvalue weighted by Crippen LogP contribution is -2.46. The van der Waals surface area contributed by atoms with Gasteiger partial charge < -0.3 is 19.4 Å². The average molecular weight is 463 g/mol. The van der Waals surface area contributed by atoms with Crippen molar-refractivity contribution < 1.29 is 18.7 Å². The van der Waals surface area contributed by atoms with E-state index in [0.717, 1.165) is 23.1 Å². The number of piperidine rings is 1. The number of carbonyl (C=O) groups is 2. The number of nitrogens with zero attached hydrogens (tertiary/aromatic N) is 1. The minimum absolute atomic E-state index is 0.0539. The molecule has 2 amide bonds. The van der Waals surface area contributed by atoms with Crippen LogP contribution in [0.5, 0.6) is 5.75 Å². The molecule has 1 saturated heterocycles. The topological polar surface area (TPSA) is 71.8 Å². The first-order chi connectivity index (χ1) is 13.9. The summed E-state index contributed by atoms with van der Waals surface area (Å²) in [5.41, 5.74) is 0. The summed E-state index contributed by atoms with van der Waals surface area (Å²) in [7, 11) is 0. The van der Waals surface area contributed by atoms with E-state index in [1.165, 1.54) is 0 Å². The predicted molar refractivity (Wildman–Crippen MR) is 114 cm³/mol. The zero-order valence-electron chi connectivity index (χ0n) is 16.8. The maximum atomic E-state index is 12.5. The summed E-state index contributed by atoms with van der Waals surface area (Å²) in [6, 6.07) is 11.0. The minimum atomic E-state index is -0.230. The predicted octanol–water partition coefficient (Wildman–Crippen LogP) is 4.39. The Balaban J connectivity index is 1.44. The third-order valence-corrected chi connectivity index (χ3v) is 5.37. The lowest BCUT2D eigenvalue weighted by molar-refractivity contribution is -0.133. The van der Waals surface area contributed by atoms with Crippen molar-refractivity contribution in [2.24, 2.45) is 5.92 Å². The number of ether oxygens (including phenoxy) is 1. The Kier molecular flexibility index (Phi) is 7.36. The lowest BCUT2D eigenvalue weighted by atomic mass is 10.0. The largest absolute Gasteiger partial charge is 0.486 e. The molecule has 0 radical (unpaired) electrons. The molecule has 1 N–H and O–H groups in total. The second kappa shape index (κ2) is 9.96. The van der Waals surface area contributed by atoms with Crippen LogP contribution in [0.4, 0.5) is 0 Å². The first-order valence-electron chi connectivity index (χ1n) is 9.96. The van der Waals surface area contributed by atoms with Crippen molar-refractivity contribution in [3.8, 4) is 5.75 Å². The highest BCUT2D eigenvalue weighted by molar-refractivity contribution is 9.10. The second-order valence-corrected chi connectivity index (χ2v) is 8.65. The van der Waals surface area contributed by atoms with Crippen LogP contribution in [-0.4, -0.2) is 35.8 Å². The molecule has 1 aliphatic rings. The van der Waals surface area contributed by atoms with E-state index < -0.39 is 0 Å². The summed E-state index contributed by atoms with van der Waals surface area (Å²) in [5, 5.41) is 3.01. The molecule has 0 atom stereocenters. The van der Waals surface area contributed by atoms with Gasteiger partial charge in [-0.25, -0.2) is 0 Å². The van der Waals surface area contributed by atoms with E-state index in [0.29, 0.717) is 31.2 Å². The third kappa shape index (κ3) is 6.35. The number of rotatable bonds is 7. The van der Waals surface area contributed by atoms with Crippen molar-refractivity contribution in [1.29, 1.82) is 0 Å². The van der Waals surface area contributed by atoms with Gasteiger partial charge in [-0.1, -0.05) is 29.8 Å². The normalized spacial score (nSPS) is 14.8. The van der Waals surface area contributed by atoms with E-state index in [2.05, 4.69) is 21.2 Å². The number of likely N-dealkylation sites (tertiary alicyclic amines) is 1. The quantitative estimate of drug-likeness (QED) is 0.662.